The van der Waals surface area contributed by atoms with Gasteiger partial charge in [-0.15, -0.1) is 0 Å². The number of nitrogens with one attached hydrogen (secondary N) is 1. The molecule has 0 radical (unpaired) electrons. The van der Waals surface area contributed by atoms with Crippen molar-refractivity contribution in [2.45, 2.75) is 26.8 Å². The van der Waals surface area contributed by atoms with E-state index in [2.05, 4.69) is 49.5 Å². The van der Waals surface area contributed by atoms with Crippen molar-refractivity contribution < 1.29 is 0 Å². The molecule has 0 aromatic heterocycles. The molecule has 0 saturated carbocycles. The third-order valence-electron chi connectivity index (χ3n) is 3.30. The van der Waals surface area contributed by atoms with E-state index in [9.17, 15) is 5.26 Å². The van der Waals surface area contributed by atoms with Crippen LogP contribution >= 0.6 is 0 Å². The zero-order chi connectivity index (χ0) is 13.8. The van der Waals surface area contributed by atoms with Gasteiger partial charge in [0.05, 0.1) is 11.3 Å². The fourth-order valence-electron chi connectivity index (χ4n) is 2.19. The van der Waals surface area contributed by atoms with E-state index in [1.807, 2.05) is 25.1 Å². The Kier molecular flexibility index (Phi) is 3.87. The highest BCUT2D eigenvalue weighted by atomic mass is 14.9. The quantitative estimate of drug-likeness (QED) is 0.879. The summed E-state index contributed by atoms with van der Waals surface area (Å²) >= 11 is 0. The largest absolute Gasteiger partial charge is 0.377 e. The van der Waals surface area contributed by atoms with Crippen molar-refractivity contribution in [1.82, 2.24) is 0 Å². The molecule has 2 aromatic carbocycles. The number of aryl methyl sites for hydroxylation is 2. The van der Waals surface area contributed by atoms with Gasteiger partial charge in [0.1, 0.15) is 6.07 Å². The summed E-state index contributed by atoms with van der Waals surface area (Å²) in [7, 11) is 0. The first-order valence-corrected chi connectivity index (χ1v) is 6.44. The van der Waals surface area contributed by atoms with Crippen molar-refractivity contribution in [2.75, 3.05) is 5.32 Å². The Morgan fingerprint density at radius 3 is 2.53 bits per heavy atom. The normalized spacial score (nSPS) is 11.7. The van der Waals surface area contributed by atoms with Crippen LogP contribution in [0.1, 0.15) is 35.2 Å². The summed E-state index contributed by atoms with van der Waals surface area (Å²) in [4.78, 5) is 0. The Bertz CT molecular complexity index is 623. The molecule has 2 aromatic rings. The third kappa shape index (κ3) is 2.95. The van der Waals surface area contributed by atoms with E-state index in [0.29, 0.717) is 0 Å². The molecule has 1 N–H and O–H groups in total. The van der Waals surface area contributed by atoms with Gasteiger partial charge >= 0.3 is 0 Å². The Balaban J connectivity index is 2.27. The maximum absolute atomic E-state index is 9.24. The van der Waals surface area contributed by atoms with Crippen LogP contribution in [-0.4, -0.2) is 0 Å². The minimum atomic E-state index is 0.175. The second kappa shape index (κ2) is 5.58. The molecule has 0 heterocycles. The Hall–Kier alpha value is -2.27. The van der Waals surface area contributed by atoms with Gasteiger partial charge in [-0.3, -0.25) is 0 Å². The highest BCUT2D eigenvalue weighted by molar-refractivity contribution is 5.61. The molecule has 19 heavy (non-hydrogen) atoms. The third-order valence-corrected chi connectivity index (χ3v) is 3.30. The molecule has 96 valence electrons. The van der Waals surface area contributed by atoms with E-state index >= 15 is 0 Å². The lowest BCUT2D eigenvalue weighted by atomic mass is 10.0. The molecule has 0 fully saturated rings. The summed E-state index contributed by atoms with van der Waals surface area (Å²) in [6.45, 7) is 6.16. The summed E-state index contributed by atoms with van der Waals surface area (Å²) in [6.07, 6.45) is 0. The second-order valence-electron chi connectivity index (χ2n) is 4.89. The number of hydrogen-bond donors (Lipinski definition) is 1. The topological polar surface area (TPSA) is 35.8 Å². The molecule has 2 nitrogen and oxygen atoms in total. The lowest BCUT2D eigenvalue weighted by Gasteiger charge is -2.18. The molecule has 2 heteroatoms. The van der Waals surface area contributed by atoms with Crippen molar-refractivity contribution in [3.8, 4) is 6.07 Å². The number of hydrogen-bond acceptors (Lipinski definition) is 2. The average Bonchev–Trinajstić information content (AvgIpc) is 2.39. The van der Waals surface area contributed by atoms with E-state index in [0.717, 1.165) is 16.8 Å². The van der Waals surface area contributed by atoms with E-state index < -0.39 is 0 Å². The smallest absolute Gasteiger partial charge is 0.102 e. The highest BCUT2D eigenvalue weighted by Gasteiger charge is 2.09. The molecular formula is C17H18N2. The molecule has 0 spiro atoms. The van der Waals surface area contributed by atoms with Crippen LogP contribution in [0.15, 0.2) is 42.5 Å². The van der Waals surface area contributed by atoms with E-state index in [-0.39, 0.29) is 6.04 Å². The molecule has 0 aliphatic rings. The first-order chi connectivity index (χ1) is 9.11. The molecule has 0 saturated heterocycles. The van der Waals surface area contributed by atoms with Gasteiger partial charge in [-0.25, -0.2) is 0 Å². The van der Waals surface area contributed by atoms with Crippen LogP contribution in [0.4, 0.5) is 5.69 Å². The fourth-order valence-corrected chi connectivity index (χ4v) is 2.19. The Morgan fingerprint density at radius 2 is 1.84 bits per heavy atom. The van der Waals surface area contributed by atoms with Gasteiger partial charge in [-0.1, -0.05) is 42.0 Å². The summed E-state index contributed by atoms with van der Waals surface area (Å²) in [5.74, 6) is 0. The lowest BCUT2D eigenvalue weighted by molar-refractivity contribution is 0.881. The molecular weight excluding hydrogens is 232 g/mol. The van der Waals surface area contributed by atoms with Crippen molar-refractivity contribution in [3.05, 3.63) is 64.7 Å². The van der Waals surface area contributed by atoms with Gasteiger partial charge in [0, 0.05) is 6.04 Å². The van der Waals surface area contributed by atoms with Crippen LogP contribution < -0.4 is 5.32 Å². The van der Waals surface area contributed by atoms with Crippen LogP contribution in [0, 0.1) is 25.2 Å². The van der Waals surface area contributed by atoms with Gasteiger partial charge in [0.15, 0.2) is 0 Å². The zero-order valence-electron chi connectivity index (χ0n) is 11.6. The molecule has 0 aliphatic carbocycles. The van der Waals surface area contributed by atoms with E-state index in [4.69, 9.17) is 0 Å². The van der Waals surface area contributed by atoms with Crippen LogP contribution in [0.25, 0.3) is 0 Å². The maximum atomic E-state index is 9.24. The van der Waals surface area contributed by atoms with E-state index in [1.165, 1.54) is 11.1 Å². The summed E-state index contributed by atoms with van der Waals surface area (Å²) < 4.78 is 0. The Labute approximate surface area is 114 Å². The number of benzene rings is 2. The number of rotatable bonds is 3. The van der Waals surface area contributed by atoms with E-state index in [1.54, 1.807) is 0 Å². The average molecular weight is 250 g/mol. The maximum Gasteiger partial charge on any atom is 0.102 e. The van der Waals surface area contributed by atoms with Crippen molar-refractivity contribution in [3.63, 3.8) is 0 Å². The summed E-state index contributed by atoms with van der Waals surface area (Å²) in [6, 6.07) is 16.8. The lowest BCUT2D eigenvalue weighted by Crippen LogP contribution is -2.08. The molecule has 1 unspecified atom stereocenters. The Morgan fingerprint density at radius 1 is 1.11 bits per heavy atom. The molecule has 2 rings (SSSR count). The van der Waals surface area contributed by atoms with Gasteiger partial charge < -0.3 is 5.32 Å². The van der Waals surface area contributed by atoms with Gasteiger partial charge in [-0.2, -0.15) is 5.26 Å². The predicted octanol–water partition coefficient (Wildman–Crippen LogP) is 4.35. The van der Waals surface area contributed by atoms with Crippen LogP contribution in [0.2, 0.25) is 0 Å². The van der Waals surface area contributed by atoms with Crippen molar-refractivity contribution in [2.24, 2.45) is 0 Å². The highest BCUT2D eigenvalue weighted by Crippen LogP contribution is 2.24. The fraction of sp³-hybridized carbons (Fsp3) is 0.235. The first-order valence-electron chi connectivity index (χ1n) is 6.44. The SMILES string of the molecule is Cc1cccc(C(C)Nc2cccc(C)c2C#N)c1. The zero-order valence-corrected chi connectivity index (χ0v) is 11.6. The standard InChI is InChI=1S/C17H18N2/c1-12-6-4-8-15(10-12)14(3)19-17-9-5-7-13(2)16(17)11-18/h4-10,14,19H,1-3H3. The van der Waals surface area contributed by atoms with Crippen molar-refractivity contribution in [1.29, 1.82) is 5.26 Å². The first kappa shape index (κ1) is 13.2. The van der Waals surface area contributed by atoms with Crippen LogP contribution in [0.3, 0.4) is 0 Å². The number of nitrogens with zero attached hydrogens (tertiary/aromatic N) is 1. The summed E-state index contributed by atoms with van der Waals surface area (Å²) in [5, 5.41) is 12.7. The van der Waals surface area contributed by atoms with Gasteiger partial charge in [-0.05, 0) is 38.0 Å². The van der Waals surface area contributed by atoms with Crippen molar-refractivity contribution >= 4 is 5.69 Å². The number of anilines is 1. The molecule has 0 aliphatic heterocycles. The predicted molar refractivity (Wildman–Crippen MR) is 79.1 cm³/mol. The second-order valence-corrected chi connectivity index (χ2v) is 4.89. The van der Waals surface area contributed by atoms with Gasteiger partial charge in [0.2, 0.25) is 0 Å². The van der Waals surface area contributed by atoms with Crippen LogP contribution in [-0.2, 0) is 0 Å². The van der Waals surface area contributed by atoms with Crippen LogP contribution in [0.5, 0.6) is 0 Å². The number of nitriles is 1. The minimum Gasteiger partial charge on any atom is -0.377 e. The molecule has 0 amide bonds. The molecule has 0 bridgehead atoms. The molecule has 1 atom stereocenters. The minimum absolute atomic E-state index is 0.175. The van der Waals surface area contributed by atoms with Gasteiger partial charge in [0.25, 0.3) is 0 Å². The summed E-state index contributed by atoms with van der Waals surface area (Å²) in [5.41, 5.74) is 5.10. The monoisotopic (exact) mass is 250 g/mol.